The summed E-state index contributed by atoms with van der Waals surface area (Å²) in [5.41, 5.74) is 1.96. The van der Waals surface area contributed by atoms with E-state index in [1.807, 2.05) is 30.5 Å². The van der Waals surface area contributed by atoms with Crippen LogP contribution in [0.25, 0.3) is 0 Å². The summed E-state index contributed by atoms with van der Waals surface area (Å²) in [4.78, 5) is 4.41. The normalized spacial score (nSPS) is 11.1. The van der Waals surface area contributed by atoms with Gasteiger partial charge in [0.05, 0.1) is 10.7 Å². The number of aryl methyl sites for hydroxylation is 1. The molecule has 5 heteroatoms. The van der Waals surface area contributed by atoms with Crippen molar-refractivity contribution in [3.05, 3.63) is 44.9 Å². The van der Waals surface area contributed by atoms with Crippen molar-refractivity contribution in [1.82, 2.24) is 10.3 Å². The minimum atomic E-state index is 0.474. The van der Waals surface area contributed by atoms with E-state index in [9.17, 15) is 0 Å². The van der Waals surface area contributed by atoms with Gasteiger partial charge in [0.25, 0.3) is 0 Å². The Balaban J connectivity index is 2.02. The molecule has 1 aromatic carbocycles. The summed E-state index contributed by atoms with van der Waals surface area (Å²) >= 11 is 7.93. The molecule has 2 aromatic rings. The van der Waals surface area contributed by atoms with Gasteiger partial charge in [-0.25, -0.2) is 4.98 Å². The molecule has 0 aliphatic carbocycles. The molecule has 1 heterocycles. The number of nitrogens with one attached hydrogen (secondary N) is 1. The van der Waals surface area contributed by atoms with Crippen LogP contribution in [-0.2, 0) is 13.2 Å². The number of ether oxygens (including phenoxy) is 1. The molecule has 21 heavy (non-hydrogen) atoms. The van der Waals surface area contributed by atoms with Gasteiger partial charge in [0.15, 0.2) is 0 Å². The molecule has 0 atom stereocenters. The maximum absolute atomic E-state index is 6.30. The van der Waals surface area contributed by atoms with Crippen molar-refractivity contribution >= 4 is 22.9 Å². The molecular formula is C16H21ClN2OS. The summed E-state index contributed by atoms with van der Waals surface area (Å²) < 4.78 is 5.89. The second kappa shape index (κ2) is 7.78. The Bertz CT molecular complexity index is 583. The van der Waals surface area contributed by atoms with Gasteiger partial charge in [-0.2, -0.15) is 0 Å². The molecule has 1 N–H and O–H groups in total. The first-order valence-electron chi connectivity index (χ1n) is 7.08. The van der Waals surface area contributed by atoms with Gasteiger partial charge in [-0.05, 0) is 31.5 Å². The number of hydrogen-bond acceptors (Lipinski definition) is 4. The molecule has 0 spiro atoms. The van der Waals surface area contributed by atoms with E-state index < -0.39 is 0 Å². The Morgan fingerprint density at radius 1 is 1.38 bits per heavy atom. The van der Waals surface area contributed by atoms with Crippen LogP contribution in [0.1, 0.15) is 30.1 Å². The number of halogens is 1. The quantitative estimate of drug-likeness (QED) is 0.818. The molecule has 2 rings (SSSR count). The highest BCUT2D eigenvalue weighted by Gasteiger charge is 2.09. The van der Waals surface area contributed by atoms with E-state index in [1.54, 1.807) is 11.3 Å². The molecule has 0 bridgehead atoms. The van der Waals surface area contributed by atoms with Crippen LogP contribution in [0.2, 0.25) is 5.02 Å². The van der Waals surface area contributed by atoms with Crippen LogP contribution in [-0.4, -0.2) is 11.5 Å². The number of thiazole rings is 1. The van der Waals surface area contributed by atoms with Crippen LogP contribution in [0.4, 0.5) is 0 Å². The molecule has 0 amide bonds. The third-order valence-corrected chi connectivity index (χ3v) is 4.15. The van der Waals surface area contributed by atoms with E-state index in [0.29, 0.717) is 19.1 Å². The molecule has 0 saturated carbocycles. The molecule has 0 saturated heterocycles. The first-order chi connectivity index (χ1) is 10.1. The van der Waals surface area contributed by atoms with Crippen LogP contribution in [0.5, 0.6) is 5.75 Å². The zero-order valence-corrected chi connectivity index (χ0v) is 14.2. The number of rotatable bonds is 7. The Labute approximate surface area is 135 Å². The first-order valence-corrected chi connectivity index (χ1v) is 8.34. The van der Waals surface area contributed by atoms with E-state index in [4.69, 9.17) is 16.3 Å². The highest BCUT2D eigenvalue weighted by atomic mass is 35.5. The summed E-state index contributed by atoms with van der Waals surface area (Å²) in [6.45, 7) is 8.50. The number of aromatic nitrogens is 1. The Hall–Kier alpha value is -1.10. The summed E-state index contributed by atoms with van der Waals surface area (Å²) in [5.74, 6) is 1.43. The first kappa shape index (κ1) is 16.3. The van der Waals surface area contributed by atoms with Crippen molar-refractivity contribution in [1.29, 1.82) is 0 Å². The van der Waals surface area contributed by atoms with Crippen molar-refractivity contribution in [2.75, 3.05) is 6.54 Å². The lowest BCUT2D eigenvalue weighted by atomic mass is 10.1. The molecule has 1 aromatic heterocycles. The minimum Gasteiger partial charge on any atom is -0.487 e. The van der Waals surface area contributed by atoms with Gasteiger partial charge in [0.1, 0.15) is 12.4 Å². The largest absolute Gasteiger partial charge is 0.487 e. The summed E-state index contributed by atoms with van der Waals surface area (Å²) in [5, 5.41) is 7.22. The van der Waals surface area contributed by atoms with Crippen LogP contribution >= 0.6 is 22.9 Å². The number of hydrogen-bond donors (Lipinski definition) is 1. The standard InChI is InChI=1S/C16H21ClN2OS/c1-11(2)7-18-8-14-15(17)5-4-6-16(14)20-9-13-10-21-12(3)19-13/h4-6,10-11,18H,7-9H2,1-3H3. The summed E-state index contributed by atoms with van der Waals surface area (Å²) in [6.07, 6.45) is 0. The Kier molecular flexibility index (Phi) is 6.03. The second-order valence-corrected chi connectivity index (χ2v) is 6.86. The average molecular weight is 325 g/mol. The molecule has 0 unspecified atom stereocenters. The molecule has 114 valence electrons. The number of nitrogens with zero attached hydrogens (tertiary/aromatic N) is 1. The van der Waals surface area contributed by atoms with Crippen molar-refractivity contribution in [2.45, 2.75) is 33.9 Å². The van der Waals surface area contributed by atoms with Crippen LogP contribution < -0.4 is 10.1 Å². The van der Waals surface area contributed by atoms with Gasteiger partial charge in [-0.1, -0.05) is 31.5 Å². The van der Waals surface area contributed by atoms with Gasteiger partial charge in [-0.3, -0.25) is 0 Å². The monoisotopic (exact) mass is 324 g/mol. The third-order valence-electron chi connectivity index (χ3n) is 2.97. The number of benzene rings is 1. The van der Waals surface area contributed by atoms with Gasteiger partial charge in [-0.15, -0.1) is 11.3 Å². The predicted molar refractivity (Wildman–Crippen MR) is 89.2 cm³/mol. The van der Waals surface area contributed by atoms with Gasteiger partial charge in [0.2, 0.25) is 0 Å². The van der Waals surface area contributed by atoms with Crippen LogP contribution in [0.3, 0.4) is 0 Å². The minimum absolute atomic E-state index is 0.474. The summed E-state index contributed by atoms with van der Waals surface area (Å²) in [6, 6.07) is 5.77. The van der Waals surface area contributed by atoms with E-state index in [-0.39, 0.29) is 0 Å². The fourth-order valence-electron chi connectivity index (χ4n) is 1.96. The third kappa shape index (κ3) is 4.99. The molecule has 0 fully saturated rings. The van der Waals surface area contributed by atoms with E-state index in [2.05, 4.69) is 24.1 Å². The van der Waals surface area contributed by atoms with Gasteiger partial charge < -0.3 is 10.1 Å². The lowest BCUT2D eigenvalue weighted by molar-refractivity contribution is 0.298. The molecular weight excluding hydrogens is 304 g/mol. The van der Waals surface area contributed by atoms with E-state index >= 15 is 0 Å². The van der Waals surface area contributed by atoms with Crippen LogP contribution in [0.15, 0.2) is 23.6 Å². The lowest BCUT2D eigenvalue weighted by Crippen LogP contribution is -2.19. The zero-order chi connectivity index (χ0) is 15.2. The molecule has 0 aliphatic heterocycles. The summed E-state index contributed by atoms with van der Waals surface area (Å²) in [7, 11) is 0. The average Bonchev–Trinajstić information content (AvgIpc) is 2.84. The molecule has 3 nitrogen and oxygen atoms in total. The van der Waals surface area contributed by atoms with Gasteiger partial charge in [0, 0.05) is 22.5 Å². The van der Waals surface area contributed by atoms with Crippen molar-refractivity contribution < 1.29 is 4.74 Å². The van der Waals surface area contributed by atoms with Crippen molar-refractivity contribution in [3.63, 3.8) is 0 Å². The zero-order valence-electron chi connectivity index (χ0n) is 12.6. The smallest absolute Gasteiger partial charge is 0.131 e. The Morgan fingerprint density at radius 2 is 2.19 bits per heavy atom. The predicted octanol–water partition coefficient (Wildman–Crippen LogP) is 4.43. The highest BCUT2D eigenvalue weighted by Crippen LogP contribution is 2.27. The fraction of sp³-hybridized carbons (Fsp3) is 0.438. The molecule has 0 aliphatic rings. The molecule has 0 radical (unpaired) electrons. The van der Waals surface area contributed by atoms with Gasteiger partial charge >= 0.3 is 0 Å². The van der Waals surface area contributed by atoms with E-state index in [1.165, 1.54) is 0 Å². The highest BCUT2D eigenvalue weighted by molar-refractivity contribution is 7.09. The van der Waals surface area contributed by atoms with Crippen molar-refractivity contribution in [3.8, 4) is 5.75 Å². The van der Waals surface area contributed by atoms with E-state index in [0.717, 1.165) is 33.6 Å². The maximum Gasteiger partial charge on any atom is 0.131 e. The maximum atomic E-state index is 6.30. The second-order valence-electron chi connectivity index (χ2n) is 5.39. The van der Waals surface area contributed by atoms with Crippen molar-refractivity contribution in [2.24, 2.45) is 5.92 Å². The lowest BCUT2D eigenvalue weighted by Gasteiger charge is -2.14. The Morgan fingerprint density at radius 3 is 2.86 bits per heavy atom. The fourth-order valence-corrected chi connectivity index (χ4v) is 2.79. The SMILES string of the molecule is Cc1nc(COc2cccc(Cl)c2CNCC(C)C)cs1. The topological polar surface area (TPSA) is 34.1 Å². The van der Waals surface area contributed by atoms with Crippen LogP contribution in [0, 0.1) is 12.8 Å².